The van der Waals surface area contributed by atoms with Gasteiger partial charge in [-0.3, -0.25) is 15.1 Å². The first-order valence-corrected chi connectivity index (χ1v) is 8.29. The van der Waals surface area contributed by atoms with Crippen LogP contribution in [0.25, 0.3) is 0 Å². The van der Waals surface area contributed by atoms with Gasteiger partial charge in [-0.2, -0.15) is 0 Å². The summed E-state index contributed by atoms with van der Waals surface area (Å²) < 4.78 is 0. The van der Waals surface area contributed by atoms with Gasteiger partial charge < -0.3 is 11.1 Å². The molecule has 0 fully saturated rings. The maximum atomic E-state index is 11.3. The van der Waals surface area contributed by atoms with Crippen LogP contribution in [0.5, 0.6) is 0 Å². The highest BCUT2D eigenvalue weighted by molar-refractivity contribution is 7.80. The number of aliphatic imine (C=N–C) groups is 1. The van der Waals surface area contributed by atoms with Crippen LogP contribution in [-0.2, 0) is 6.42 Å². The van der Waals surface area contributed by atoms with Crippen molar-refractivity contribution in [1.29, 1.82) is 0 Å². The van der Waals surface area contributed by atoms with E-state index in [1.807, 2.05) is 18.2 Å². The van der Waals surface area contributed by atoms with Crippen molar-refractivity contribution in [3.05, 3.63) is 68.7 Å². The summed E-state index contributed by atoms with van der Waals surface area (Å²) in [4.78, 5) is 15.2. The third kappa shape index (κ3) is 6.13. The van der Waals surface area contributed by atoms with Crippen molar-refractivity contribution >= 4 is 46.4 Å². The minimum atomic E-state index is -0.424. The van der Waals surface area contributed by atoms with Crippen molar-refractivity contribution in [1.82, 2.24) is 0 Å². The van der Waals surface area contributed by atoms with E-state index in [4.69, 9.17) is 29.6 Å². The van der Waals surface area contributed by atoms with Gasteiger partial charge in [-0.25, -0.2) is 0 Å². The van der Waals surface area contributed by atoms with Gasteiger partial charge >= 0.3 is 0 Å². The third-order valence-corrected chi connectivity index (χ3v) is 3.69. The van der Waals surface area contributed by atoms with Gasteiger partial charge in [-0.1, -0.05) is 42.0 Å². The normalized spacial score (nSPS) is 10.8. The van der Waals surface area contributed by atoms with Crippen LogP contribution in [0.1, 0.15) is 11.1 Å². The Kier molecular flexibility index (Phi) is 6.85. The molecule has 0 unspecified atom stereocenters. The molecule has 0 atom stereocenters. The maximum absolute atomic E-state index is 11.3. The van der Waals surface area contributed by atoms with Crippen LogP contribution in [-0.4, -0.2) is 29.2 Å². The molecule has 0 saturated heterocycles. The van der Waals surface area contributed by atoms with E-state index < -0.39 is 4.92 Å². The zero-order valence-corrected chi connectivity index (χ0v) is 14.9. The Balaban J connectivity index is 2.05. The molecule has 0 aromatic heterocycles. The highest BCUT2D eigenvalue weighted by Gasteiger charge is 2.13. The SMILES string of the molecule is NC(=S)CN=Cc1ccc(NCCc2cccc(Cl)c2)c([N+](=O)[O-])c1. The lowest BCUT2D eigenvalue weighted by Gasteiger charge is -2.08. The minimum Gasteiger partial charge on any atom is -0.392 e. The van der Waals surface area contributed by atoms with E-state index >= 15 is 0 Å². The number of hydrogen-bond donors (Lipinski definition) is 2. The lowest BCUT2D eigenvalue weighted by Crippen LogP contribution is -2.11. The molecule has 0 spiro atoms. The van der Waals surface area contributed by atoms with Crippen LogP contribution in [0, 0.1) is 10.1 Å². The molecule has 130 valence electrons. The van der Waals surface area contributed by atoms with Gasteiger partial charge in [-0.15, -0.1) is 0 Å². The number of thiocarbonyl (C=S) groups is 1. The Morgan fingerprint density at radius 1 is 1.36 bits per heavy atom. The number of nitrogens with zero attached hydrogens (tertiary/aromatic N) is 2. The average molecular weight is 377 g/mol. The Bertz CT molecular complexity index is 811. The minimum absolute atomic E-state index is 0.00892. The van der Waals surface area contributed by atoms with E-state index in [2.05, 4.69) is 10.3 Å². The number of nitro benzene ring substituents is 1. The van der Waals surface area contributed by atoms with E-state index in [9.17, 15) is 10.1 Å². The molecule has 2 aromatic carbocycles. The molecule has 2 aromatic rings. The van der Waals surface area contributed by atoms with Crippen LogP contribution in [0.3, 0.4) is 0 Å². The van der Waals surface area contributed by atoms with Gasteiger partial charge in [0.2, 0.25) is 0 Å². The first-order valence-electron chi connectivity index (χ1n) is 7.50. The number of halogens is 1. The molecule has 0 bridgehead atoms. The standard InChI is InChI=1S/C17H17ClN4O2S/c18-14-3-1-2-12(8-14)6-7-21-15-5-4-13(9-16(15)22(23)24)10-20-11-17(19)25/h1-5,8-10,21H,6-7,11H2,(H2,19,25). The molecule has 0 radical (unpaired) electrons. The van der Waals surface area contributed by atoms with Gasteiger partial charge in [0.1, 0.15) is 5.69 Å². The molecule has 0 aliphatic heterocycles. The molecule has 0 aliphatic carbocycles. The number of anilines is 1. The van der Waals surface area contributed by atoms with Crippen molar-refractivity contribution < 1.29 is 4.92 Å². The second kappa shape index (κ2) is 9.10. The van der Waals surface area contributed by atoms with Gasteiger partial charge in [-0.05, 0) is 35.7 Å². The zero-order valence-electron chi connectivity index (χ0n) is 13.3. The molecular weight excluding hydrogens is 360 g/mol. The van der Waals surface area contributed by atoms with E-state index in [0.717, 1.165) is 5.56 Å². The fraction of sp³-hybridized carbons (Fsp3) is 0.176. The lowest BCUT2D eigenvalue weighted by atomic mass is 10.1. The third-order valence-electron chi connectivity index (χ3n) is 3.32. The predicted octanol–water partition coefficient (Wildman–Crippen LogP) is 3.61. The maximum Gasteiger partial charge on any atom is 0.292 e. The summed E-state index contributed by atoms with van der Waals surface area (Å²) in [6, 6.07) is 12.4. The van der Waals surface area contributed by atoms with Crippen molar-refractivity contribution in [2.75, 3.05) is 18.4 Å². The molecule has 0 heterocycles. The van der Waals surface area contributed by atoms with Gasteiger partial charge in [0.05, 0.1) is 16.5 Å². The van der Waals surface area contributed by atoms with E-state index in [1.54, 1.807) is 18.2 Å². The van der Waals surface area contributed by atoms with Gasteiger partial charge in [0.25, 0.3) is 5.69 Å². The topological polar surface area (TPSA) is 93.5 Å². The quantitative estimate of drug-likeness (QED) is 0.317. The zero-order chi connectivity index (χ0) is 18.2. The second-order valence-corrected chi connectivity index (χ2v) is 6.24. The number of nitrogens with one attached hydrogen (secondary N) is 1. The Morgan fingerprint density at radius 3 is 2.84 bits per heavy atom. The number of benzene rings is 2. The van der Waals surface area contributed by atoms with E-state index in [1.165, 1.54) is 12.3 Å². The number of nitrogens with two attached hydrogens (primary N) is 1. The summed E-state index contributed by atoms with van der Waals surface area (Å²) >= 11 is 10.7. The largest absolute Gasteiger partial charge is 0.392 e. The van der Waals surface area contributed by atoms with Crippen LogP contribution in [0.2, 0.25) is 5.02 Å². The molecule has 0 aliphatic rings. The summed E-state index contributed by atoms with van der Waals surface area (Å²) in [6.07, 6.45) is 2.22. The first kappa shape index (κ1) is 18.8. The van der Waals surface area contributed by atoms with E-state index in [-0.39, 0.29) is 17.2 Å². The van der Waals surface area contributed by atoms with Crippen molar-refractivity contribution in [2.24, 2.45) is 10.7 Å². The smallest absolute Gasteiger partial charge is 0.292 e. The monoisotopic (exact) mass is 376 g/mol. The first-order chi connectivity index (χ1) is 12.0. The van der Waals surface area contributed by atoms with Crippen molar-refractivity contribution in [2.45, 2.75) is 6.42 Å². The highest BCUT2D eigenvalue weighted by atomic mass is 35.5. The summed E-state index contributed by atoms with van der Waals surface area (Å²) in [5, 5.41) is 15.1. The summed E-state index contributed by atoms with van der Waals surface area (Å²) in [5.74, 6) is 0. The van der Waals surface area contributed by atoms with Gasteiger partial charge in [0.15, 0.2) is 0 Å². The fourth-order valence-corrected chi connectivity index (χ4v) is 2.49. The summed E-state index contributed by atoms with van der Waals surface area (Å²) in [7, 11) is 0. The molecule has 0 amide bonds. The predicted molar refractivity (Wildman–Crippen MR) is 106 cm³/mol. The molecule has 2 rings (SSSR count). The molecule has 8 heteroatoms. The Labute approximate surface area is 155 Å². The molecular formula is C17H17ClN4O2S. The fourth-order valence-electron chi connectivity index (χ4n) is 2.20. The average Bonchev–Trinajstić information content (AvgIpc) is 2.55. The van der Waals surface area contributed by atoms with Crippen molar-refractivity contribution in [3.63, 3.8) is 0 Å². The molecule has 25 heavy (non-hydrogen) atoms. The van der Waals surface area contributed by atoms with Crippen LogP contribution >= 0.6 is 23.8 Å². The van der Waals surface area contributed by atoms with E-state index in [0.29, 0.717) is 29.2 Å². The molecule has 0 saturated carbocycles. The number of hydrogen-bond acceptors (Lipinski definition) is 5. The molecule has 6 nitrogen and oxygen atoms in total. The van der Waals surface area contributed by atoms with Crippen LogP contribution in [0.15, 0.2) is 47.5 Å². The van der Waals surface area contributed by atoms with Gasteiger partial charge in [0, 0.05) is 23.8 Å². The molecule has 3 N–H and O–H groups in total. The highest BCUT2D eigenvalue weighted by Crippen LogP contribution is 2.25. The Morgan fingerprint density at radius 2 is 2.16 bits per heavy atom. The second-order valence-electron chi connectivity index (χ2n) is 5.28. The number of rotatable bonds is 8. The summed E-state index contributed by atoms with van der Waals surface area (Å²) in [6.45, 7) is 0.763. The van der Waals surface area contributed by atoms with Crippen molar-refractivity contribution in [3.8, 4) is 0 Å². The number of nitro groups is 1. The van der Waals surface area contributed by atoms with Crippen LogP contribution in [0.4, 0.5) is 11.4 Å². The lowest BCUT2D eigenvalue weighted by molar-refractivity contribution is -0.384. The Hall–Kier alpha value is -2.51. The summed E-state index contributed by atoms with van der Waals surface area (Å²) in [5.41, 5.74) is 7.48. The van der Waals surface area contributed by atoms with Crippen LogP contribution < -0.4 is 11.1 Å².